The molecule has 0 saturated heterocycles. The maximum Gasteiger partial charge on any atom is 0.414 e. The summed E-state index contributed by atoms with van der Waals surface area (Å²) in [4.78, 5) is 54.7. The molecule has 238 valence electrons. The molecule has 1 atom stereocenters. The van der Waals surface area contributed by atoms with Gasteiger partial charge in [0.1, 0.15) is 22.8 Å². The predicted molar refractivity (Wildman–Crippen MR) is 164 cm³/mol. The number of amides is 3. The van der Waals surface area contributed by atoms with Crippen LogP contribution in [-0.2, 0) is 19.0 Å². The van der Waals surface area contributed by atoms with Crippen LogP contribution >= 0.6 is 11.8 Å². The van der Waals surface area contributed by atoms with E-state index in [1.165, 1.54) is 32.1 Å². The number of nitrogens with zero attached hydrogens (tertiary/aromatic N) is 1. The van der Waals surface area contributed by atoms with Crippen molar-refractivity contribution in [2.45, 2.75) is 143 Å². The molecule has 3 N–H and O–H groups in total. The summed E-state index contributed by atoms with van der Waals surface area (Å²) >= 11 is 0.779. The maximum atomic E-state index is 13.1. The van der Waals surface area contributed by atoms with Gasteiger partial charge in [0.05, 0.1) is 0 Å². The average Bonchev–Trinajstić information content (AvgIpc) is 2.76. The number of alkyl carbamates (subject to hydrolysis) is 2. The van der Waals surface area contributed by atoms with Gasteiger partial charge in [0.2, 0.25) is 11.9 Å². The van der Waals surface area contributed by atoms with Gasteiger partial charge >= 0.3 is 17.5 Å². The summed E-state index contributed by atoms with van der Waals surface area (Å²) < 4.78 is 15.9. The number of ether oxygens (including phenoxy) is 3. The van der Waals surface area contributed by atoms with E-state index in [0.717, 1.165) is 31.0 Å². The summed E-state index contributed by atoms with van der Waals surface area (Å²) in [5, 5.41) is 7.04. The zero-order chi connectivity index (χ0) is 31.7. The molecule has 0 fully saturated rings. The summed E-state index contributed by atoms with van der Waals surface area (Å²) in [7, 11) is 0. The molecule has 11 nitrogen and oxygen atoms in total. The first-order valence-corrected chi connectivity index (χ1v) is 15.5. The monoisotopic (exact) mass is 602 g/mol. The van der Waals surface area contributed by atoms with E-state index in [-0.39, 0.29) is 11.7 Å². The van der Waals surface area contributed by atoms with Crippen molar-refractivity contribution in [1.29, 1.82) is 0 Å². The summed E-state index contributed by atoms with van der Waals surface area (Å²) in [6.07, 6.45) is 7.22. The summed E-state index contributed by atoms with van der Waals surface area (Å²) in [5.41, 5.74) is -2.34. The topological polar surface area (TPSA) is 144 Å². The molecule has 0 aromatic carbocycles. The number of aliphatic imine (C=N–C) groups is 1. The number of carbonyl (C=O) groups excluding carboxylic acids is 4. The fourth-order valence-electron chi connectivity index (χ4n) is 3.24. The second-order valence-corrected chi connectivity index (χ2v) is 13.7. The first kappa shape index (κ1) is 38.5. The molecule has 0 aliphatic heterocycles. The van der Waals surface area contributed by atoms with Crippen LogP contribution in [0.1, 0.15) is 121 Å². The number of hydrogen-bond donors (Lipinski definition) is 3. The van der Waals surface area contributed by atoms with Crippen molar-refractivity contribution in [2.75, 3.05) is 12.3 Å². The Morgan fingerprint density at radius 1 is 0.683 bits per heavy atom. The SMILES string of the molecule is CCCCCCCCCCNC(=O)C(CSC(=O)OC(C)(C)C)N=C(NC(=O)OC(C)(C)C)NC(=O)OC(C)(C)C. The summed E-state index contributed by atoms with van der Waals surface area (Å²) in [6.45, 7) is 18.0. The van der Waals surface area contributed by atoms with Gasteiger partial charge in [-0.2, -0.15) is 0 Å². The minimum Gasteiger partial charge on any atom is -0.452 e. The Kier molecular flexibility index (Phi) is 17.7. The Morgan fingerprint density at radius 3 is 1.56 bits per heavy atom. The Morgan fingerprint density at radius 2 is 1.12 bits per heavy atom. The van der Waals surface area contributed by atoms with Crippen molar-refractivity contribution in [1.82, 2.24) is 16.0 Å². The maximum absolute atomic E-state index is 13.1. The Bertz CT molecular complexity index is 827. The highest BCUT2D eigenvalue weighted by Gasteiger charge is 2.26. The van der Waals surface area contributed by atoms with E-state index in [9.17, 15) is 19.2 Å². The van der Waals surface area contributed by atoms with E-state index in [4.69, 9.17) is 14.2 Å². The second-order valence-electron chi connectivity index (χ2n) is 12.8. The van der Waals surface area contributed by atoms with Crippen LogP contribution in [0, 0.1) is 0 Å². The standard InChI is InChI=1S/C29H54N4O7S/c1-11-12-13-14-15-16-17-18-19-30-22(34)21(20-41-26(37)40-29(8,9)10)31-23(32-24(35)38-27(2,3)4)33-25(36)39-28(5,6)7/h21H,11-20H2,1-10H3,(H,30,34)(H2,31,32,33,35,36). The van der Waals surface area contributed by atoms with Crippen molar-refractivity contribution in [3.63, 3.8) is 0 Å². The molecule has 0 aromatic heterocycles. The molecule has 41 heavy (non-hydrogen) atoms. The van der Waals surface area contributed by atoms with Crippen molar-refractivity contribution < 1.29 is 33.4 Å². The fourth-order valence-corrected chi connectivity index (χ4v) is 4.07. The van der Waals surface area contributed by atoms with E-state index >= 15 is 0 Å². The van der Waals surface area contributed by atoms with E-state index in [1.54, 1.807) is 62.3 Å². The molecule has 1 unspecified atom stereocenters. The molecule has 0 saturated carbocycles. The quantitative estimate of drug-likeness (QED) is 0.0696. The average molecular weight is 603 g/mol. The largest absolute Gasteiger partial charge is 0.452 e. The molecule has 0 radical (unpaired) electrons. The summed E-state index contributed by atoms with van der Waals surface area (Å²) in [6, 6.07) is -1.14. The lowest BCUT2D eigenvalue weighted by molar-refractivity contribution is -0.121. The number of unbranched alkanes of at least 4 members (excludes halogenated alkanes) is 7. The zero-order valence-electron chi connectivity index (χ0n) is 26.9. The molecule has 0 aliphatic carbocycles. The number of guanidine groups is 1. The number of thioether (sulfide) groups is 1. The first-order valence-electron chi connectivity index (χ1n) is 14.5. The third-order valence-electron chi connectivity index (χ3n) is 4.90. The Labute approximate surface area is 251 Å². The minimum absolute atomic E-state index is 0.0896. The van der Waals surface area contributed by atoms with Gasteiger partial charge in [-0.05, 0) is 80.5 Å². The van der Waals surface area contributed by atoms with E-state index in [2.05, 4.69) is 27.9 Å². The highest BCUT2D eigenvalue weighted by Crippen LogP contribution is 2.17. The Hall–Kier alpha value is -2.50. The van der Waals surface area contributed by atoms with Gasteiger partial charge in [-0.1, -0.05) is 51.9 Å². The lowest BCUT2D eigenvalue weighted by Gasteiger charge is -2.23. The van der Waals surface area contributed by atoms with Crippen molar-refractivity contribution in [2.24, 2.45) is 4.99 Å². The molecule has 0 heterocycles. The van der Waals surface area contributed by atoms with Crippen LogP contribution in [0.2, 0.25) is 0 Å². The number of hydrogen-bond acceptors (Lipinski definition) is 9. The van der Waals surface area contributed by atoms with Crippen molar-refractivity contribution in [3.05, 3.63) is 0 Å². The second kappa shape index (κ2) is 18.8. The third kappa shape index (κ3) is 23.9. The van der Waals surface area contributed by atoms with Gasteiger partial charge < -0.3 is 19.5 Å². The van der Waals surface area contributed by atoms with Gasteiger partial charge in [0, 0.05) is 12.3 Å². The number of carbonyl (C=O) groups is 4. The molecular formula is C29H54N4O7S. The lowest BCUT2D eigenvalue weighted by Crippen LogP contribution is -2.49. The fraction of sp³-hybridized carbons (Fsp3) is 0.828. The smallest absolute Gasteiger partial charge is 0.414 e. The van der Waals surface area contributed by atoms with Crippen LogP contribution in [0.4, 0.5) is 14.4 Å². The van der Waals surface area contributed by atoms with Crippen LogP contribution < -0.4 is 16.0 Å². The highest BCUT2D eigenvalue weighted by molar-refractivity contribution is 8.13. The Balaban J connectivity index is 5.63. The van der Waals surface area contributed by atoms with Crippen LogP contribution in [0.3, 0.4) is 0 Å². The number of nitrogens with one attached hydrogen (secondary N) is 3. The van der Waals surface area contributed by atoms with E-state index in [0.29, 0.717) is 6.54 Å². The van der Waals surface area contributed by atoms with Gasteiger partial charge in [0.25, 0.3) is 0 Å². The molecule has 0 aliphatic rings. The van der Waals surface area contributed by atoms with E-state index in [1.807, 2.05) is 0 Å². The highest BCUT2D eigenvalue weighted by atomic mass is 32.2. The molecule has 0 bridgehead atoms. The predicted octanol–water partition coefficient (Wildman–Crippen LogP) is 6.69. The van der Waals surface area contributed by atoms with Crippen molar-refractivity contribution >= 4 is 41.1 Å². The van der Waals surface area contributed by atoms with Crippen LogP contribution in [0.25, 0.3) is 0 Å². The van der Waals surface area contributed by atoms with Gasteiger partial charge in [-0.15, -0.1) is 0 Å². The van der Waals surface area contributed by atoms with Gasteiger partial charge in [-0.3, -0.25) is 15.4 Å². The first-order chi connectivity index (χ1) is 18.8. The lowest BCUT2D eigenvalue weighted by atomic mass is 10.1. The molecule has 0 rings (SSSR count). The molecular weight excluding hydrogens is 548 g/mol. The van der Waals surface area contributed by atoms with E-state index < -0.39 is 46.2 Å². The molecule has 12 heteroatoms. The van der Waals surface area contributed by atoms with Gasteiger partial charge in [-0.25, -0.2) is 19.4 Å². The number of rotatable bonds is 13. The molecule has 0 spiro atoms. The van der Waals surface area contributed by atoms with Gasteiger partial charge in [0.15, 0.2) is 0 Å². The van der Waals surface area contributed by atoms with Crippen molar-refractivity contribution in [3.8, 4) is 0 Å². The molecule has 0 aromatic rings. The molecule has 3 amide bonds. The van der Waals surface area contributed by atoms with Crippen LogP contribution in [-0.4, -0.2) is 64.5 Å². The zero-order valence-corrected chi connectivity index (χ0v) is 27.7. The van der Waals surface area contributed by atoms with Crippen LogP contribution in [0.15, 0.2) is 4.99 Å². The third-order valence-corrected chi connectivity index (χ3v) is 5.71. The summed E-state index contributed by atoms with van der Waals surface area (Å²) in [5.74, 6) is -0.891. The minimum atomic E-state index is -1.14. The van der Waals surface area contributed by atoms with Crippen LogP contribution in [0.5, 0.6) is 0 Å². The normalized spacial score (nSPS) is 12.5.